The summed E-state index contributed by atoms with van der Waals surface area (Å²) in [5.41, 5.74) is 1.52. The predicted octanol–water partition coefficient (Wildman–Crippen LogP) is 4.21. The van der Waals surface area contributed by atoms with Gasteiger partial charge in [-0.2, -0.15) is 0 Å². The largest absolute Gasteiger partial charge is 0.452 e. The number of ether oxygens (including phenoxy) is 1. The Balaban J connectivity index is 2.06. The van der Waals surface area contributed by atoms with Gasteiger partial charge in [0.15, 0.2) is 6.61 Å². The Morgan fingerprint density at radius 3 is 2.56 bits per heavy atom. The molecule has 7 heteroatoms. The van der Waals surface area contributed by atoms with E-state index in [0.717, 1.165) is 12.0 Å². The first kappa shape index (κ1) is 20.1. The average molecular weight is 370 g/mol. The Labute approximate surface area is 157 Å². The number of nitro benzene ring substituents is 1. The van der Waals surface area contributed by atoms with Crippen LogP contribution in [-0.2, 0) is 9.53 Å². The van der Waals surface area contributed by atoms with Crippen molar-refractivity contribution in [2.45, 2.75) is 33.1 Å². The molecule has 0 saturated carbocycles. The van der Waals surface area contributed by atoms with Gasteiger partial charge in [-0.05, 0) is 37.0 Å². The van der Waals surface area contributed by atoms with Crippen molar-refractivity contribution < 1.29 is 19.2 Å². The third-order valence-electron chi connectivity index (χ3n) is 4.35. The van der Waals surface area contributed by atoms with Crippen molar-refractivity contribution in [1.82, 2.24) is 0 Å². The van der Waals surface area contributed by atoms with Crippen molar-refractivity contribution in [2.75, 3.05) is 11.9 Å². The SMILES string of the molecule is CC[C@H](C)c1ccccc1NC(=O)COC(=O)c1cccc(C)c1[N+](=O)[O-]. The highest BCUT2D eigenvalue weighted by Crippen LogP contribution is 2.26. The number of carbonyl (C=O) groups is 2. The Bertz CT molecular complexity index is 863. The standard InChI is InChI=1S/C20H22N2O5/c1-4-13(2)15-9-5-6-11-17(15)21-18(23)12-27-20(24)16-10-7-8-14(3)19(16)22(25)26/h5-11,13H,4,12H2,1-3H3,(H,21,23)/t13-/m0/s1. The second-order valence-corrected chi connectivity index (χ2v) is 6.25. The summed E-state index contributed by atoms with van der Waals surface area (Å²) in [6, 6.07) is 11.8. The molecule has 0 saturated heterocycles. The van der Waals surface area contributed by atoms with Crippen LogP contribution < -0.4 is 5.32 Å². The molecule has 0 radical (unpaired) electrons. The Morgan fingerprint density at radius 2 is 1.89 bits per heavy atom. The normalized spacial score (nSPS) is 11.5. The quantitative estimate of drug-likeness (QED) is 0.447. The number of esters is 1. The van der Waals surface area contributed by atoms with Gasteiger partial charge in [-0.3, -0.25) is 14.9 Å². The van der Waals surface area contributed by atoms with Crippen LogP contribution in [0.25, 0.3) is 0 Å². The number of para-hydroxylation sites is 2. The van der Waals surface area contributed by atoms with Crippen molar-refractivity contribution in [3.63, 3.8) is 0 Å². The first-order valence-corrected chi connectivity index (χ1v) is 8.65. The molecule has 0 aliphatic rings. The third-order valence-corrected chi connectivity index (χ3v) is 4.35. The van der Waals surface area contributed by atoms with Crippen molar-refractivity contribution in [3.8, 4) is 0 Å². The van der Waals surface area contributed by atoms with Gasteiger partial charge in [0.05, 0.1) is 4.92 Å². The third kappa shape index (κ3) is 4.91. The highest BCUT2D eigenvalue weighted by Gasteiger charge is 2.24. The lowest BCUT2D eigenvalue weighted by Gasteiger charge is -2.15. The van der Waals surface area contributed by atoms with E-state index in [1.807, 2.05) is 18.2 Å². The second-order valence-electron chi connectivity index (χ2n) is 6.25. The predicted molar refractivity (Wildman–Crippen MR) is 102 cm³/mol. The summed E-state index contributed by atoms with van der Waals surface area (Å²) in [4.78, 5) is 34.9. The number of aryl methyl sites for hydroxylation is 1. The maximum atomic E-state index is 12.2. The van der Waals surface area contributed by atoms with E-state index in [1.54, 1.807) is 6.07 Å². The molecule has 2 rings (SSSR count). The number of nitrogens with one attached hydrogen (secondary N) is 1. The fourth-order valence-electron chi connectivity index (χ4n) is 2.72. The van der Waals surface area contributed by atoms with Gasteiger partial charge in [0.25, 0.3) is 11.6 Å². The lowest BCUT2D eigenvalue weighted by molar-refractivity contribution is -0.385. The average Bonchev–Trinajstić information content (AvgIpc) is 2.65. The number of anilines is 1. The summed E-state index contributed by atoms with van der Waals surface area (Å²) in [6.45, 7) is 5.12. The summed E-state index contributed by atoms with van der Waals surface area (Å²) in [5.74, 6) is -1.15. The zero-order valence-corrected chi connectivity index (χ0v) is 15.5. The van der Waals surface area contributed by atoms with Crippen molar-refractivity contribution in [3.05, 3.63) is 69.3 Å². The molecular weight excluding hydrogens is 348 g/mol. The first-order chi connectivity index (χ1) is 12.8. The summed E-state index contributed by atoms with van der Waals surface area (Å²) in [6.07, 6.45) is 0.916. The molecule has 0 aliphatic heterocycles. The van der Waals surface area contributed by atoms with Crippen molar-refractivity contribution in [2.24, 2.45) is 0 Å². The number of hydrogen-bond donors (Lipinski definition) is 1. The number of hydrogen-bond acceptors (Lipinski definition) is 5. The molecule has 7 nitrogen and oxygen atoms in total. The molecule has 2 aromatic rings. The molecule has 1 amide bonds. The number of benzene rings is 2. The van der Waals surface area contributed by atoms with Crippen LogP contribution in [0.15, 0.2) is 42.5 Å². The summed E-state index contributed by atoms with van der Waals surface area (Å²) in [5, 5.41) is 13.9. The number of nitrogens with zero attached hydrogens (tertiary/aromatic N) is 1. The van der Waals surface area contributed by atoms with E-state index in [0.29, 0.717) is 11.3 Å². The fourth-order valence-corrected chi connectivity index (χ4v) is 2.72. The van der Waals surface area contributed by atoms with Gasteiger partial charge < -0.3 is 10.1 Å². The molecular formula is C20H22N2O5. The minimum Gasteiger partial charge on any atom is -0.452 e. The minimum absolute atomic E-state index is 0.173. The van der Waals surface area contributed by atoms with Gasteiger partial charge in [0, 0.05) is 11.3 Å². The molecule has 142 valence electrons. The van der Waals surface area contributed by atoms with Crippen LogP contribution in [0, 0.1) is 17.0 Å². The maximum absolute atomic E-state index is 12.2. The Kier molecular flexibility index (Phi) is 6.65. The lowest BCUT2D eigenvalue weighted by atomic mass is 9.97. The zero-order chi connectivity index (χ0) is 20.0. The molecule has 0 bridgehead atoms. The highest BCUT2D eigenvalue weighted by molar-refractivity contribution is 5.98. The fraction of sp³-hybridized carbons (Fsp3) is 0.300. The topological polar surface area (TPSA) is 98.5 Å². The van der Waals surface area contributed by atoms with Gasteiger partial charge in [-0.15, -0.1) is 0 Å². The molecule has 0 fully saturated rings. The highest BCUT2D eigenvalue weighted by atomic mass is 16.6. The van der Waals surface area contributed by atoms with Crippen LogP contribution >= 0.6 is 0 Å². The Hall–Kier alpha value is -3.22. The van der Waals surface area contributed by atoms with E-state index in [-0.39, 0.29) is 17.2 Å². The zero-order valence-electron chi connectivity index (χ0n) is 15.5. The van der Waals surface area contributed by atoms with Crippen LogP contribution in [0.5, 0.6) is 0 Å². The second kappa shape index (κ2) is 8.93. The summed E-state index contributed by atoms with van der Waals surface area (Å²) < 4.78 is 4.98. The van der Waals surface area contributed by atoms with Crippen molar-refractivity contribution in [1.29, 1.82) is 0 Å². The molecule has 0 aliphatic carbocycles. The molecule has 0 unspecified atom stereocenters. The van der Waals surface area contributed by atoms with Gasteiger partial charge >= 0.3 is 5.97 Å². The number of amides is 1. The molecule has 0 spiro atoms. The number of rotatable bonds is 7. The van der Waals surface area contributed by atoms with Crippen molar-refractivity contribution >= 4 is 23.3 Å². The van der Waals surface area contributed by atoms with E-state index in [2.05, 4.69) is 19.2 Å². The molecule has 0 heterocycles. The molecule has 1 atom stereocenters. The van der Waals surface area contributed by atoms with Crippen LogP contribution in [0.3, 0.4) is 0 Å². The lowest BCUT2D eigenvalue weighted by Crippen LogP contribution is -2.22. The van der Waals surface area contributed by atoms with E-state index >= 15 is 0 Å². The number of nitro groups is 1. The molecule has 2 aromatic carbocycles. The first-order valence-electron chi connectivity index (χ1n) is 8.65. The van der Waals surface area contributed by atoms with Gasteiger partial charge in [0.1, 0.15) is 5.56 Å². The molecule has 1 N–H and O–H groups in total. The van der Waals surface area contributed by atoms with E-state index in [4.69, 9.17) is 4.74 Å². The van der Waals surface area contributed by atoms with E-state index in [9.17, 15) is 19.7 Å². The van der Waals surface area contributed by atoms with Gasteiger partial charge in [-0.25, -0.2) is 4.79 Å². The maximum Gasteiger partial charge on any atom is 0.345 e. The van der Waals surface area contributed by atoms with Gasteiger partial charge in [-0.1, -0.05) is 44.2 Å². The van der Waals surface area contributed by atoms with Crippen LogP contribution in [0.1, 0.15) is 47.7 Å². The molecule has 27 heavy (non-hydrogen) atoms. The smallest absolute Gasteiger partial charge is 0.345 e. The van der Waals surface area contributed by atoms with E-state index in [1.165, 1.54) is 25.1 Å². The van der Waals surface area contributed by atoms with Crippen LogP contribution in [-0.4, -0.2) is 23.4 Å². The van der Waals surface area contributed by atoms with Gasteiger partial charge in [0.2, 0.25) is 0 Å². The summed E-state index contributed by atoms with van der Waals surface area (Å²) in [7, 11) is 0. The number of carbonyl (C=O) groups excluding carboxylic acids is 2. The van der Waals surface area contributed by atoms with Crippen LogP contribution in [0.4, 0.5) is 11.4 Å². The minimum atomic E-state index is -0.907. The Morgan fingerprint density at radius 1 is 1.19 bits per heavy atom. The molecule has 0 aromatic heterocycles. The van der Waals surface area contributed by atoms with E-state index < -0.39 is 23.4 Å². The van der Waals surface area contributed by atoms with Crippen LogP contribution in [0.2, 0.25) is 0 Å². The monoisotopic (exact) mass is 370 g/mol. The summed E-state index contributed by atoms with van der Waals surface area (Å²) >= 11 is 0.